The second-order valence-corrected chi connectivity index (χ2v) is 5.54. The number of hydrogen-bond donors (Lipinski definition) is 1. The summed E-state index contributed by atoms with van der Waals surface area (Å²) in [7, 11) is 1.39. The number of methoxy groups -OCH3 is 1. The van der Waals surface area contributed by atoms with Crippen LogP contribution in [0.2, 0.25) is 0 Å². The van der Waals surface area contributed by atoms with Gasteiger partial charge in [-0.25, -0.2) is 4.79 Å². The molecule has 0 bridgehead atoms. The Morgan fingerprint density at radius 2 is 1.95 bits per heavy atom. The van der Waals surface area contributed by atoms with Gasteiger partial charge in [-0.1, -0.05) is 12.1 Å². The van der Waals surface area contributed by atoms with Crippen molar-refractivity contribution in [2.75, 3.05) is 20.2 Å². The van der Waals surface area contributed by atoms with E-state index in [4.69, 9.17) is 0 Å². The number of carbonyl (C=O) groups is 1. The maximum absolute atomic E-state index is 11.4. The number of esters is 1. The van der Waals surface area contributed by atoms with E-state index in [1.165, 1.54) is 12.7 Å². The highest BCUT2D eigenvalue weighted by Gasteiger charge is 2.22. The van der Waals surface area contributed by atoms with Gasteiger partial charge < -0.3 is 9.84 Å². The fourth-order valence-corrected chi connectivity index (χ4v) is 2.72. The first kappa shape index (κ1) is 15.0. The van der Waals surface area contributed by atoms with Crippen LogP contribution in [0.3, 0.4) is 0 Å². The number of likely N-dealkylation sites (tertiary alicyclic amines) is 1. The van der Waals surface area contributed by atoms with Crippen LogP contribution in [0.25, 0.3) is 0 Å². The minimum absolute atomic E-state index is 0.198. The molecule has 0 saturated carbocycles. The van der Waals surface area contributed by atoms with Crippen molar-refractivity contribution < 1.29 is 14.6 Å². The van der Waals surface area contributed by atoms with Crippen molar-refractivity contribution in [2.45, 2.75) is 32.4 Å². The molecule has 20 heavy (non-hydrogen) atoms. The summed E-state index contributed by atoms with van der Waals surface area (Å²) in [4.78, 5) is 13.8. The summed E-state index contributed by atoms with van der Waals surface area (Å²) in [5, 5.41) is 9.60. The molecule has 1 aliphatic heterocycles. The van der Waals surface area contributed by atoms with Crippen molar-refractivity contribution in [1.29, 1.82) is 0 Å². The molecule has 1 saturated heterocycles. The smallest absolute Gasteiger partial charge is 0.337 e. The molecule has 1 unspecified atom stereocenters. The highest BCUT2D eigenvalue weighted by molar-refractivity contribution is 5.89. The molecule has 1 aromatic rings. The van der Waals surface area contributed by atoms with E-state index in [9.17, 15) is 9.90 Å². The zero-order chi connectivity index (χ0) is 14.5. The highest BCUT2D eigenvalue weighted by Crippen LogP contribution is 2.21. The summed E-state index contributed by atoms with van der Waals surface area (Å²) in [6, 6.07) is 7.58. The van der Waals surface area contributed by atoms with E-state index in [2.05, 4.69) is 9.64 Å². The van der Waals surface area contributed by atoms with Crippen LogP contribution in [0.5, 0.6) is 0 Å². The Morgan fingerprint density at radius 3 is 2.45 bits per heavy atom. The maximum Gasteiger partial charge on any atom is 0.337 e. The van der Waals surface area contributed by atoms with Crippen LogP contribution in [-0.4, -0.2) is 42.3 Å². The molecule has 0 aliphatic carbocycles. The standard InChI is InChI=1S/C16H23NO3/c1-12(18)14-7-9-17(10-8-14)11-13-3-5-15(6-4-13)16(19)20-2/h3-6,12,14,18H,7-11H2,1-2H3. The molecule has 0 aromatic heterocycles. The van der Waals surface area contributed by atoms with E-state index in [0.717, 1.165) is 32.5 Å². The topological polar surface area (TPSA) is 49.8 Å². The van der Waals surface area contributed by atoms with Crippen LogP contribution >= 0.6 is 0 Å². The van der Waals surface area contributed by atoms with E-state index in [1.807, 2.05) is 31.2 Å². The number of carbonyl (C=O) groups excluding carboxylic acids is 1. The minimum Gasteiger partial charge on any atom is -0.465 e. The molecule has 1 atom stereocenters. The summed E-state index contributed by atoms with van der Waals surface area (Å²) in [6.07, 6.45) is 1.91. The summed E-state index contributed by atoms with van der Waals surface area (Å²) in [5.74, 6) is 0.141. The zero-order valence-corrected chi connectivity index (χ0v) is 12.2. The van der Waals surface area contributed by atoms with Gasteiger partial charge in [0.1, 0.15) is 0 Å². The van der Waals surface area contributed by atoms with Gasteiger partial charge in [0.15, 0.2) is 0 Å². The number of ether oxygens (including phenoxy) is 1. The van der Waals surface area contributed by atoms with Gasteiger partial charge in [0, 0.05) is 6.54 Å². The average Bonchev–Trinajstić information content (AvgIpc) is 2.48. The van der Waals surface area contributed by atoms with Gasteiger partial charge in [0.25, 0.3) is 0 Å². The predicted octanol–water partition coefficient (Wildman–Crippen LogP) is 2.07. The Bertz CT molecular complexity index is 434. The van der Waals surface area contributed by atoms with Crippen molar-refractivity contribution in [1.82, 2.24) is 4.90 Å². The molecule has 0 amide bonds. The Kier molecular flexibility index (Phi) is 5.15. The van der Waals surface area contributed by atoms with Gasteiger partial charge in [-0.3, -0.25) is 4.90 Å². The van der Waals surface area contributed by atoms with Gasteiger partial charge >= 0.3 is 5.97 Å². The summed E-state index contributed by atoms with van der Waals surface area (Å²) in [6.45, 7) is 4.82. The van der Waals surface area contributed by atoms with Crippen molar-refractivity contribution >= 4 is 5.97 Å². The van der Waals surface area contributed by atoms with E-state index >= 15 is 0 Å². The van der Waals surface area contributed by atoms with Gasteiger partial charge in [0.2, 0.25) is 0 Å². The molecule has 0 radical (unpaired) electrons. The normalized spacial score (nSPS) is 18.8. The highest BCUT2D eigenvalue weighted by atomic mass is 16.5. The fraction of sp³-hybridized carbons (Fsp3) is 0.562. The largest absolute Gasteiger partial charge is 0.465 e. The quantitative estimate of drug-likeness (QED) is 0.856. The summed E-state index contributed by atoms with van der Waals surface area (Å²) in [5.41, 5.74) is 1.79. The van der Waals surface area contributed by atoms with Crippen molar-refractivity contribution in [3.63, 3.8) is 0 Å². The predicted molar refractivity (Wildman–Crippen MR) is 77.5 cm³/mol. The molecule has 4 heteroatoms. The van der Waals surface area contributed by atoms with Crippen LogP contribution in [0.15, 0.2) is 24.3 Å². The van der Waals surface area contributed by atoms with Crippen molar-refractivity contribution in [3.8, 4) is 0 Å². The third kappa shape index (κ3) is 3.81. The molecule has 1 aliphatic rings. The third-order valence-corrected chi connectivity index (χ3v) is 4.10. The molecule has 1 heterocycles. The average molecular weight is 277 g/mol. The third-order valence-electron chi connectivity index (χ3n) is 4.10. The second kappa shape index (κ2) is 6.86. The molecule has 110 valence electrons. The van der Waals surface area contributed by atoms with Gasteiger partial charge in [-0.2, -0.15) is 0 Å². The van der Waals surface area contributed by atoms with Gasteiger partial charge in [-0.05, 0) is 56.5 Å². The van der Waals surface area contributed by atoms with E-state index in [1.54, 1.807) is 0 Å². The molecule has 4 nitrogen and oxygen atoms in total. The lowest BCUT2D eigenvalue weighted by Crippen LogP contribution is -2.36. The Balaban J connectivity index is 1.87. The number of piperidine rings is 1. The lowest BCUT2D eigenvalue weighted by atomic mass is 9.92. The minimum atomic E-state index is -0.297. The molecular formula is C16H23NO3. The van der Waals surface area contributed by atoms with Crippen LogP contribution in [0.4, 0.5) is 0 Å². The first-order chi connectivity index (χ1) is 9.60. The first-order valence-corrected chi connectivity index (χ1v) is 7.18. The van der Waals surface area contributed by atoms with E-state index < -0.39 is 0 Å². The number of aliphatic hydroxyl groups excluding tert-OH is 1. The van der Waals surface area contributed by atoms with Gasteiger partial charge in [-0.15, -0.1) is 0 Å². The molecule has 2 rings (SSSR count). The number of aliphatic hydroxyl groups is 1. The summed E-state index contributed by atoms with van der Waals surface area (Å²) >= 11 is 0. The molecule has 0 spiro atoms. The lowest BCUT2D eigenvalue weighted by Gasteiger charge is -2.33. The van der Waals surface area contributed by atoms with Crippen LogP contribution in [0, 0.1) is 5.92 Å². The monoisotopic (exact) mass is 277 g/mol. The number of hydrogen-bond acceptors (Lipinski definition) is 4. The maximum atomic E-state index is 11.4. The Hall–Kier alpha value is -1.39. The lowest BCUT2D eigenvalue weighted by molar-refractivity contribution is 0.0600. The van der Waals surface area contributed by atoms with Crippen molar-refractivity contribution in [3.05, 3.63) is 35.4 Å². The number of rotatable bonds is 4. The van der Waals surface area contributed by atoms with E-state index in [-0.39, 0.29) is 12.1 Å². The number of nitrogens with zero attached hydrogens (tertiary/aromatic N) is 1. The molecular weight excluding hydrogens is 254 g/mol. The Labute approximate surface area is 120 Å². The van der Waals surface area contributed by atoms with Gasteiger partial charge in [0.05, 0.1) is 18.8 Å². The fourth-order valence-electron chi connectivity index (χ4n) is 2.72. The molecule has 1 N–H and O–H groups in total. The van der Waals surface area contributed by atoms with Crippen LogP contribution in [0.1, 0.15) is 35.7 Å². The molecule has 1 aromatic carbocycles. The Morgan fingerprint density at radius 1 is 1.35 bits per heavy atom. The zero-order valence-electron chi connectivity index (χ0n) is 12.2. The first-order valence-electron chi connectivity index (χ1n) is 7.18. The number of benzene rings is 1. The summed E-state index contributed by atoms with van der Waals surface area (Å²) < 4.78 is 4.69. The second-order valence-electron chi connectivity index (χ2n) is 5.54. The molecule has 1 fully saturated rings. The van der Waals surface area contributed by atoms with Crippen molar-refractivity contribution in [2.24, 2.45) is 5.92 Å². The SMILES string of the molecule is COC(=O)c1ccc(CN2CCC(C(C)O)CC2)cc1. The van der Waals surface area contributed by atoms with Crippen LogP contribution < -0.4 is 0 Å². The van der Waals surface area contributed by atoms with E-state index in [0.29, 0.717) is 11.5 Å². The van der Waals surface area contributed by atoms with Crippen LogP contribution in [-0.2, 0) is 11.3 Å².